The van der Waals surface area contributed by atoms with Crippen molar-refractivity contribution in [3.8, 4) is 5.75 Å². The van der Waals surface area contributed by atoms with Crippen LogP contribution in [0.1, 0.15) is 19.3 Å². The highest BCUT2D eigenvalue weighted by Gasteiger charge is 2.17. The van der Waals surface area contributed by atoms with E-state index in [2.05, 4.69) is 15.6 Å². The van der Waals surface area contributed by atoms with E-state index in [9.17, 15) is 4.79 Å². The monoisotopic (exact) mass is 276 g/mol. The molecule has 1 aromatic carbocycles. The highest BCUT2D eigenvalue weighted by molar-refractivity contribution is 5.92. The molecule has 0 aliphatic carbocycles. The number of guanidine groups is 1. The van der Waals surface area contributed by atoms with E-state index in [0.717, 1.165) is 24.3 Å². The van der Waals surface area contributed by atoms with Crippen molar-refractivity contribution < 1.29 is 9.53 Å². The van der Waals surface area contributed by atoms with Crippen LogP contribution in [0, 0.1) is 0 Å². The van der Waals surface area contributed by atoms with E-state index in [1.54, 1.807) is 7.11 Å². The van der Waals surface area contributed by atoms with E-state index in [1.165, 1.54) is 0 Å². The Morgan fingerprint density at radius 2 is 2.45 bits per heavy atom. The SMILES string of the molecule is COc1cccc(NC(N)=NCC2CCCC(=O)N2)c1. The van der Waals surface area contributed by atoms with Crippen molar-refractivity contribution in [2.75, 3.05) is 19.0 Å². The van der Waals surface area contributed by atoms with Gasteiger partial charge >= 0.3 is 0 Å². The number of piperidine rings is 1. The third-order valence-corrected chi connectivity index (χ3v) is 3.15. The molecule has 0 saturated carbocycles. The number of anilines is 1. The Hall–Kier alpha value is -2.24. The van der Waals surface area contributed by atoms with Gasteiger partial charge in [-0.05, 0) is 25.0 Å². The molecule has 0 aromatic heterocycles. The van der Waals surface area contributed by atoms with Crippen LogP contribution in [0.25, 0.3) is 0 Å². The van der Waals surface area contributed by atoms with Crippen LogP contribution in [0.3, 0.4) is 0 Å². The Bertz CT molecular complexity index is 502. The van der Waals surface area contributed by atoms with Crippen LogP contribution in [0.5, 0.6) is 5.75 Å². The number of carbonyl (C=O) groups is 1. The second kappa shape index (κ2) is 6.79. The van der Waals surface area contributed by atoms with Crippen molar-refractivity contribution in [2.24, 2.45) is 10.7 Å². The van der Waals surface area contributed by atoms with Gasteiger partial charge in [0.05, 0.1) is 13.7 Å². The fourth-order valence-corrected chi connectivity index (χ4v) is 2.11. The van der Waals surface area contributed by atoms with Gasteiger partial charge in [0.2, 0.25) is 5.91 Å². The average molecular weight is 276 g/mol. The summed E-state index contributed by atoms with van der Waals surface area (Å²) in [6.07, 6.45) is 2.47. The fourth-order valence-electron chi connectivity index (χ4n) is 2.11. The number of nitrogens with one attached hydrogen (secondary N) is 2. The van der Waals surface area contributed by atoms with Gasteiger partial charge in [-0.15, -0.1) is 0 Å². The molecule has 0 spiro atoms. The summed E-state index contributed by atoms with van der Waals surface area (Å²) in [6.45, 7) is 0.495. The predicted molar refractivity (Wildman–Crippen MR) is 78.9 cm³/mol. The molecule has 1 fully saturated rings. The van der Waals surface area contributed by atoms with E-state index in [4.69, 9.17) is 10.5 Å². The third kappa shape index (κ3) is 4.15. The van der Waals surface area contributed by atoms with Crippen LogP contribution >= 0.6 is 0 Å². The molecule has 0 bridgehead atoms. The highest BCUT2D eigenvalue weighted by Crippen LogP contribution is 2.16. The number of ether oxygens (including phenoxy) is 1. The average Bonchev–Trinajstić information content (AvgIpc) is 2.45. The molecular formula is C14H20N4O2. The minimum absolute atomic E-state index is 0.0851. The number of methoxy groups -OCH3 is 1. The molecule has 1 aliphatic heterocycles. The molecule has 2 rings (SSSR count). The molecule has 1 amide bonds. The minimum atomic E-state index is 0.0851. The number of nitrogens with zero attached hydrogens (tertiary/aromatic N) is 1. The molecule has 1 atom stereocenters. The van der Waals surface area contributed by atoms with Gasteiger partial charge in [-0.1, -0.05) is 6.07 Å². The maximum Gasteiger partial charge on any atom is 0.220 e. The van der Waals surface area contributed by atoms with Gasteiger partial charge in [-0.25, -0.2) is 0 Å². The number of carbonyl (C=O) groups excluding carboxylic acids is 1. The third-order valence-electron chi connectivity index (χ3n) is 3.15. The lowest BCUT2D eigenvalue weighted by molar-refractivity contribution is -0.123. The largest absolute Gasteiger partial charge is 0.497 e. The van der Waals surface area contributed by atoms with E-state index < -0.39 is 0 Å². The predicted octanol–water partition coefficient (Wildman–Crippen LogP) is 1.09. The van der Waals surface area contributed by atoms with Gasteiger partial charge < -0.3 is 21.1 Å². The van der Waals surface area contributed by atoms with Crippen molar-refractivity contribution >= 4 is 17.6 Å². The van der Waals surface area contributed by atoms with Crippen molar-refractivity contribution in [1.29, 1.82) is 0 Å². The van der Waals surface area contributed by atoms with Gasteiger partial charge in [0, 0.05) is 24.2 Å². The highest BCUT2D eigenvalue weighted by atomic mass is 16.5. The van der Waals surface area contributed by atoms with Crippen LogP contribution in [0.15, 0.2) is 29.3 Å². The first-order valence-corrected chi connectivity index (χ1v) is 6.68. The zero-order chi connectivity index (χ0) is 14.4. The zero-order valence-electron chi connectivity index (χ0n) is 11.6. The first-order valence-electron chi connectivity index (χ1n) is 6.68. The second-order valence-electron chi connectivity index (χ2n) is 4.74. The quantitative estimate of drug-likeness (QED) is 0.567. The topological polar surface area (TPSA) is 88.7 Å². The molecule has 6 heteroatoms. The first kappa shape index (κ1) is 14.2. The van der Waals surface area contributed by atoms with E-state index in [1.807, 2.05) is 24.3 Å². The van der Waals surface area contributed by atoms with E-state index in [0.29, 0.717) is 18.9 Å². The van der Waals surface area contributed by atoms with Crippen LogP contribution in [0.4, 0.5) is 5.69 Å². The van der Waals surface area contributed by atoms with Crippen molar-refractivity contribution in [2.45, 2.75) is 25.3 Å². The van der Waals surface area contributed by atoms with Crippen LogP contribution in [-0.2, 0) is 4.79 Å². The van der Waals surface area contributed by atoms with E-state index >= 15 is 0 Å². The molecule has 1 aromatic rings. The fraction of sp³-hybridized carbons (Fsp3) is 0.429. The summed E-state index contributed by atoms with van der Waals surface area (Å²) in [5, 5.41) is 5.91. The molecule has 1 unspecified atom stereocenters. The van der Waals surface area contributed by atoms with Gasteiger partial charge in [0.15, 0.2) is 5.96 Å². The molecule has 6 nitrogen and oxygen atoms in total. The summed E-state index contributed by atoms with van der Waals surface area (Å²) in [5.41, 5.74) is 6.65. The second-order valence-corrected chi connectivity index (χ2v) is 4.74. The molecule has 1 heterocycles. The molecule has 108 valence electrons. The number of nitrogens with two attached hydrogens (primary N) is 1. The summed E-state index contributed by atoms with van der Waals surface area (Å²) in [4.78, 5) is 15.5. The standard InChI is InChI=1S/C14H20N4O2/c1-20-12-6-2-4-10(8-12)18-14(15)16-9-11-5-3-7-13(19)17-11/h2,4,6,8,11H,3,5,7,9H2,1H3,(H,17,19)(H3,15,16,18). The number of aliphatic imine (C=N–C) groups is 1. The molecule has 1 aliphatic rings. The summed E-state index contributed by atoms with van der Waals surface area (Å²) in [6, 6.07) is 7.53. The first-order chi connectivity index (χ1) is 9.67. The van der Waals surface area contributed by atoms with Crippen molar-refractivity contribution in [1.82, 2.24) is 5.32 Å². The molecule has 20 heavy (non-hydrogen) atoms. The number of rotatable bonds is 4. The Morgan fingerprint density at radius 3 is 3.20 bits per heavy atom. The van der Waals surface area contributed by atoms with Gasteiger partial charge in [-0.3, -0.25) is 9.79 Å². The lowest BCUT2D eigenvalue weighted by atomic mass is 10.0. The summed E-state index contributed by atoms with van der Waals surface area (Å²) >= 11 is 0. The smallest absolute Gasteiger partial charge is 0.220 e. The Balaban J connectivity index is 1.88. The van der Waals surface area contributed by atoms with Gasteiger partial charge in [-0.2, -0.15) is 0 Å². The number of amides is 1. The molecular weight excluding hydrogens is 256 g/mol. The zero-order valence-corrected chi connectivity index (χ0v) is 11.6. The van der Waals surface area contributed by atoms with E-state index in [-0.39, 0.29) is 11.9 Å². The molecule has 4 N–H and O–H groups in total. The summed E-state index contributed by atoms with van der Waals surface area (Å²) in [5.74, 6) is 1.18. The Kier molecular flexibility index (Phi) is 4.81. The van der Waals surface area contributed by atoms with Crippen molar-refractivity contribution in [3.05, 3.63) is 24.3 Å². The van der Waals surface area contributed by atoms with Gasteiger partial charge in [0.1, 0.15) is 5.75 Å². The normalized spacial score (nSPS) is 19.4. The molecule has 0 radical (unpaired) electrons. The Labute approximate surface area is 118 Å². The number of hydrogen-bond donors (Lipinski definition) is 3. The van der Waals surface area contributed by atoms with Crippen LogP contribution in [-0.4, -0.2) is 31.6 Å². The summed E-state index contributed by atoms with van der Waals surface area (Å²) in [7, 11) is 1.61. The van der Waals surface area contributed by atoms with Crippen LogP contribution in [0.2, 0.25) is 0 Å². The maximum absolute atomic E-state index is 11.3. The number of benzene rings is 1. The van der Waals surface area contributed by atoms with Gasteiger partial charge in [0.25, 0.3) is 0 Å². The lowest BCUT2D eigenvalue weighted by Crippen LogP contribution is -2.41. The van der Waals surface area contributed by atoms with Crippen molar-refractivity contribution in [3.63, 3.8) is 0 Å². The Morgan fingerprint density at radius 1 is 1.60 bits per heavy atom. The molecule has 1 saturated heterocycles. The maximum atomic E-state index is 11.3. The lowest BCUT2D eigenvalue weighted by Gasteiger charge is -2.21. The summed E-state index contributed by atoms with van der Waals surface area (Å²) < 4.78 is 5.14. The number of hydrogen-bond acceptors (Lipinski definition) is 3. The minimum Gasteiger partial charge on any atom is -0.497 e. The van der Waals surface area contributed by atoms with Crippen LogP contribution < -0.4 is 21.1 Å².